The molecule has 9 heteroatoms. The maximum atomic E-state index is 12.0. The number of hydrogen-bond donors (Lipinski definition) is 1. The molecule has 1 aromatic heterocycles. The maximum Gasteiger partial charge on any atom is 0.271 e. The Morgan fingerprint density at radius 1 is 0.674 bits per heavy atom. The summed E-state index contributed by atoms with van der Waals surface area (Å²) < 4.78 is 1.96. The van der Waals surface area contributed by atoms with E-state index in [2.05, 4.69) is 95.1 Å². The van der Waals surface area contributed by atoms with Gasteiger partial charge in [-0.15, -0.1) is 0 Å². The molecule has 0 radical (unpaired) electrons. The lowest BCUT2D eigenvalue weighted by molar-refractivity contribution is 0.109. The summed E-state index contributed by atoms with van der Waals surface area (Å²) in [7, 11) is 3.68. The first-order valence-corrected chi connectivity index (χ1v) is 17.0. The number of carbonyl (C=O) groups excluding carboxylic acids is 2. The summed E-state index contributed by atoms with van der Waals surface area (Å²) in [5.41, 5.74) is 4.35. The van der Waals surface area contributed by atoms with Crippen LogP contribution < -0.4 is 14.2 Å². The number of carbonyl (C=O) groups is 2. The molecule has 3 aromatic carbocycles. The summed E-state index contributed by atoms with van der Waals surface area (Å²) in [6.45, 7) is 17.1. The van der Waals surface area contributed by atoms with Gasteiger partial charge >= 0.3 is 0 Å². The highest BCUT2D eigenvalue weighted by Crippen LogP contribution is 2.42. The van der Waals surface area contributed by atoms with Crippen LogP contribution in [0.4, 0.5) is 11.4 Å². The minimum atomic E-state index is -0.0486. The van der Waals surface area contributed by atoms with Gasteiger partial charge in [-0.05, 0) is 94.4 Å². The van der Waals surface area contributed by atoms with E-state index in [0.717, 1.165) is 9.79 Å². The predicted octanol–water partition coefficient (Wildman–Crippen LogP) is 10.2. The Labute approximate surface area is 288 Å². The van der Waals surface area contributed by atoms with Crippen molar-refractivity contribution >= 4 is 59.4 Å². The molecule has 0 saturated carbocycles. The standard InChI is InChI=1S/C28H30ClNO2S2.C7H10N2O.C2H6/c1-27(2,3)19-7-11-21(12-8-19)33-30(26-16-15-25(29)23(17-31)24(26)18-32)34-22-13-9-20(10-14-22)28(4,5)6;1-9(2)6-4-3-5-8-7(6)10;1-2/h7-18H,1-6H3;3-5H,1-2H3,(H,8,10);1-2H3. The lowest BCUT2D eigenvalue weighted by atomic mass is 9.87. The van der Waals surface area contributed by atoms with E-state index >= 15 is 0 Å². The second kappa shape index (κ2) is 17.5. The number of nitrogens with one attached hydrogen (secondary N) is 1. The monoisotopic (exact) mass is 679 g/mol. The molecule has 0 saturated heterocycles. The summed E-state index contributed by atoms with van der Waals surface area (Å²) in [5, 5.41) is 0.264. The number of nitrogens with zero attached hydrogens (tertiary/aromatic N) is 2. The van der Waals surface area contributed by atoms with Gasteiger partial charge in [0.15, 0.2) is 12.6 Å². The Balaban J connectivity index is 0.000000517. The average molecular weight is 680 g/mol. The van der Waals surface area contributed by atoms with E-state index in [1.165, 1.54) is 35.0 Å². The van der Waals surface area contributed by atoms with Gasteiger partial charge in [0, 0.05) is 35.6 Å². The van der Waals surface area contributed by atoms with Crippen LogP contribution in [-0.4, -0.2) is 31.7 Å². The summed E-state index contributed by atoms with van der Waals surface area (Å²) in [5.74, 6) is 0. The molecule has 4 rings (SSSR count). The van der Waals surface area contributed by atoms with Gasteiger partial charge in [-0.3, -0.25) is 14.4 Å². The molecule has 0 fully saturated rings. The molecule has 0 aliphatic carbocycles. The largest absolute Gasteiger partial charge is 0.373 e. The first-order chi connectivity index (χ1) is 21.6. The highest BCUT2D eigenvalue weighted by Gasteiger charge is 2.21. The number of H-pyrrole nitrogens is 1. The molecule has 0 bridgehead atoms. The van der Waals surface area contributed by atoms with Crippen LogP contribution in [0.3, 0.4) is 0 Å². The molecule has 246 valence electrons. The summed E-state index contributed by atoms with van der Waals surface area (Å²) in [6.07, 6.45) is 2.96. The van der Waals surface area contributed by atoms with Gasteiger partial charge in [-0.2, -0.15) is 0 Å². The topological polar surface area (TPSA) is 73.5 Å². The normalized spacial score (nSPS) is 10.9. The van der Waals surface area contributed by atoms with Crippen molar-refractivity contribution in [3.63, 3.8) is 0 Å². The minimum absolute atomic E-state index is 0.0486. The van der Waals surface area contributed by atoms with Crippen molar-refractivity contribution in [2.75, 3.05) is 22.7 Å². The van der Waals surface area contributed by atoms with Gasteiger partial charge < -0.3 is 9.88 Å². The first kappa shape index (κ1) is 38.7. The van der Waals surface area contributed by atoms with Crippen LogP contribution in [0.25, 0.3) is 0 Å². The van der Waals surface area contributed by atoms with E-state index in [1.54, 1.807) is 35.4 Å². The van der Waals surface area contributed by atoms with Crippen molar-refractivity contribution in [1.29, 1.82) is 0 Å². The quantitative estimate of drug-likeness (QED) is 0.147. The van der Waals surface area contributed by atoms with Gasteiger partial charge in [-0.25, -0.2) is 3.71 Å². The third kappa shape index (κ3) is 10.8. The Hall–Kier alpha value is -3.46. The lowest BCUT2D eigenvalue weighted by Gasteiger charge is -2.25. The van der Waals surface area contributed by atoms with E-state index in [0.29, 0.717) is 23.9 Å². The highest BCUT2D eigenvalue weighted by molar-refractivity contribution is 8.18. The Morgan fingerprint density at radius 2 is 1.13 bits per heavy atom. The van der Waals surface area contributed by atoms with Crippen LogP contribution in [0.5, 0.6) is 0 Å². The number of rotatable bonds is 8. The molecular formula is C37H46ClN3O3S2. The number of aromatic nitrogens is 1. The van der Waals surface area contributed by atoms with Gasteiger partial charge in [0.2, 0.25) is 0 Å². The number of pyridine rings is 1. The fourth-order valence-electron chi connectivity index (χ4n) is 4.11. The SMILES string of the molecule is CC.CC(C)(C)c1ccc(SN(Sc2ccc(C(C)(C)C)cc2)c2ccc(Cl)c(C=O)c2C=O)cc1.CN(C)c1ccc[nH]c1=O. The second-order valence-corrected chi connectivity index (χ2v) is 15.1. The number of hydrogen-bond acceptors (Lipinski definition) is 7. The number of anilines is 2. The zero-order valence-corrected chi connectivity index (χ0v) is 30.9. The molecular weight excluding hydrogens is 634 g/mol. The molecule has 4 aromatic rings. The molecule has 1 heterocycles. The molecule has 0 amide bonds. The van der Waals surface area contributed by atoms with Crippen molar-refractivity contribution < 1.29 is 9.59 Å². The van der Waals surface area contributed by atoms with E-state index in [1.807, 2.05) is 31.7 Å². The van der Waals surface area contributed by atoms with Gasteiger partial charge in [0.05, 0.1) is 16.3 Å². The fourth-order valence-corrected chi connectivity index (χ4v) is 6.39. The van der Waals surface area contributed by atoms with Gasteiger partial charge in [0.1, 0.15) is 5.69 Å². The van der Waals surface area contributed by atoms with Crippen LogP contribution >= 0.6 is 35.5 Å². The number of aldehydes is 2. The number of halogens is 1. The fraction of sp³-hybridized carbons (Fsp3) is 0.324. The zero-order valence-electron chi connectivity index (χ0n) is 28.5. The molecule has 0 aliphatic heterocycles. The van der Waals surface area contributed by atoms with Gasteiger partial charge in [0.25, 0.3) is 5.56 Å². The van der Waals surface area contributed by atoms with Crippen LogP contribution in [0.15, 0.2) is 93.6 Å². The Kier molecular flexibility index (Phi) is 14.7. The number of benzene rings is 3. The first-order valence-electron chi connectivity index (χ1n) is 15.1. The van der Waals surface area contributed by atoms with Crippen LogP contribution in [-0.2, 0) is 10.8 Å². The second-order valence-electron chi connectivity index (χ2n) is 12.4. The Bertz CT molecular complexity index is 1560. The van der Waals surface area contributed by atoms with Crippen LogP contribution in [0, 0.1) is 0 Å². The maximum absolute atomic E-state index is 12.0. The predicted molar refractivity (Wildman–Crippen MR) is 199 cm³/mol. The molecule has 6 nitrogen and oxygen atoms in total. The van der Waals surface area contributed by atoms with Crippen molar-refractivity contribution in [1.82, 2.24) is 4.98 Å². The van der Waals surface area contributed by atoms with E-state index in [9.17, 15) is 14.4 Å². The number of aromatic amines is 1. The smallest absolute Gasteiger partial charge is 0.271 e. The molecule has 0 unspecified atom stereocenters. The zero-order chi connectivity index (χ0) is 34.7. The van der Waals surface area contributed by atoms with E-state index < -0.39 is 0 Å². The van der Waals surface area contributed by atoms with E-state index in [4.69, 9.17) is 11.6 Å². The average Bonchev–Trinajstić information content (AvgIpc) is 3.01. The molecule has 46 heavy (non-hydrogen) atoms. The van der Waals surface area contributed by atoms with Crippen molar-refractivity contribution in [2.24, 2.45) is 0 Å². The summed E-state index contributed by atoms with van der Waals surface area (Å²) in [4.78, 5) is 41.1. The van der Waals surface area contributed by atoms with Crippen LogP contribution in [0.1, 0.15) is 87.2 Å². The van der Waals surface area contributed by atoms with Gasteiger partial charge in [-0.1, -0.05) is 91.3 Å². The third-order valence-electron chi connectivity index (χ3n) is 6.74. The molecule has 0 atom stereocenters. The Morgan fingerprint density at radius 3 is 1.48 bits per heavy atom. The van der Waals surface area contributed by atoms with Crippen LogP contribution in [0.2, 0.25) is 5.02 Å². The minimum Gasteiger partial charge on any atom is -0.373 e. The molecule has 1 N–H and O–H groups in total. The summed E-state index contributed by atoms with van der Waals surface area (Å²) >= 11 is 9.20. The highest BCUT2D eigenvalue weighted by atomic mass is 35.5. The third-order valence-corrected chi connectivity index (χ3v) is 9.21. The van der Waals surface area contributed by atoms with Crippen molar-refractivity contribution in [3.05, 3.63) is 117 Å². The van der Waals surface area contributed by atoms with Crippen molar-refractivity contribution in [3.8, 4) is 0 Å². The molecule has 0 aliphatic rings. The molecule has 0 spiro atoms. The van der Waals surface area contributed by atoms with Crippen molar-refractivity contribution in [2.45, 2.75) is 76.0 Å². The van der Waals surface area contributed by atoms with E-state index in [-0.39, 0.29) is 32.5 Å². The lowest BCUT2D eigenvalue weighted by Crippen LogP contribution is -2.19. The summed E-state index contributed by atoms with van der Waals surface area (Å²) in [6, 6.07) is 23.9.